The van der Waals surface area contributed by atoms with Gasteiger partial charge in [-0.25, -0.2) is 0 Å². The minimum Gasteiger partial charge on any atom is -0.456 e. The third-order valence-corrected chi connectivity index (χ3v) is 4.03. The Hall–Kier alpha value is -1.51. The Morgan fingerprint density at radius 2 is 1.90 bits per heavy atom. The monoisotopic (exact) mass is 288 g/mol. The van der Waals surface area contributed by atoms with Crippen LogP contribution in [0.2, 0.25) is 5.02 Å². The molecule has 1 N–H and O–H groups in total. The molecule has 2 aromatic carbocycles. The van der Waals surface area contributed by atoms with E-state index in [-0.39, 0.29) is 0 Å². The van der Waals surface area contributed by atoms with Gasteiger partial charge >= 0.3 is 0 Å². The summed E-state index contributed by atoms with van der Waals surface area (Å²) in [6.07, 6.45) is 2.99. The van der Waals surface area contributed by atoms with E-state index in [1.54, 1.807) is 19.1 Å². The molecule has 0 aliphatic heterocycles. The molecule has 2 nitrogen and oxygen atoms in total. The van der Waals surface area contributed by atoms with E-state index >= 15 is 0 Å². The number of ether oxygens (including phenoxy) is 1. The fourth-order valence-corrected chi connectivity index (χ4v) is 2.83. The van der Waals surface area contributed by atoms with Gasteiger partial charge in [0, 0.05) is 0 Å². The summed E-state index contributed by atoms with van der Waals surface area (Å²) in [5.74, 6) is 1.44. The first-order valence-electron chi connectivity index (χ1n) is 6.90. The van der Waals surface area contributed by atoms with Crippen LogP contribution in [0.25, 0.3) is 0 Å². The molecule has 0 aromatic heterocycles. The second kappa shape index (κ2) is 5.47. The van der Waals surface area contributed by atoms with Crippen LogP contribution in [-0.2, 0) is 12.8 Å². The first-order valence-corrected chi connectivity index (χ1v) is 7.28. The second-order valence-electron chi connectivity index (χ2n) is 5.25. The molecule has 20 heavy (non-hydrogen) atoms. The Bertz CT molecular complexity index is 635. The van der Waals surface area contributed by atoms with Crippen molar-refractivity contribution in [2.24, 2.45) is 0 Å². The van der Waals surface area contributed by atoms with E-state index in [4.69, 9.17) is 16.3 Å². The number of benzene rings is 2. The number of halogens is 1. The van der Waals surface area contributed by atoms with Crippen LogP contribution >= 0.6 is 11.6 Å². The maximum atomic E-state index is 9.54. The SMILES string of the molecule is CC(O)c1ccc(Oc2ccc3c(c2)CCC3)c(Cl)c1. The average molecular weight is 289 g/mol. The van der Waals surface area contributed by atoms with Gasteiger partial charge in [-0.1, -0.05) is 23.7 Å². The van der Waals surface area contributed by atoms with Gasteiger partial charge in [-0.2, -0.15) is 0 Å². The molecule has 1 aliphatic rings. The van der Waals surface area contributed by atoms with Crippen molar-refractivity contribution < 1.29 is 9.84 Å². The van der Waals surface area contributed by atoms with Gasteiger partial charge in [-0.3, -0.25) is 0 Å². The quantitative estimate of drug-likeness (QED) is 0.889. The highest BCUT2D eigenvalue weighted by Crippen LogP contribution is 2.33. The summed E-state index contributed by atoms with van der Waals surface area (Å²) < 4.78 is 5.86. The highest BCUT2D eigenvalue weighted by Gasteiger charge is 2.12. The van der Waals surface area contributed by atoms with Gasteiger partial charge < -0.3 is 9.84 Å². The number of aryl methyl sites for hydroxylation is 2. The van der Waals surface area contributed by atoms with Gasteiger partial charge in [0.15, 0.2) is 0 Å². The molecule has 0 saturated carbocycles. The lowest BCUT2D eigenvalue weighted by atomic mass is 10.1. The minimum atomic E-state index is -0.526. The molecule has 3 heteroatoms. The largest absolute Gasteiger partial charge is 0.456 e. The molecule has 1 unspecified atom stereocenters. The maximum absolute atomic E-state index is 9.54. The molecule has 0 heterocycles. The van der Waals surface area contributed by atoms with Crippen LogP contribution in [0.3, 0.4) is 0 Å². The molecule has 2 aromatic rings. The highest BCUT2D eigenvalue weighted by atomic mass is 35.5. The fraction of sp³-hybridized carbons (Fsp3) is 0.294. The lowest BCUT2D eigenvalue weighted by molar-refractivity contribution is 0.199. The zero-order valence-electron chi connectivity index (χ0n) is 11.4. The molecule has 1 aliphatic carbocycles. The lowest BCUT2D eigenvalue weighted by Gasteiger charge is -2.11. The summed E-state index contributed by atoms with van der Waals surface area (Å²) >= 11 is 6.20. The van der Waals surface area contributed by atoms with E-state index in [9.17, 15) is 5.11 Å². The fourth-order valence-electron chi connectivity index (χ4n) is 2.60. The molecule has 3 rings (SSSR count). The van der Waals surface area contributed by atoms with E-state index in [1.807, 2.05) is 12.1 Å². The smallest absolute Gasteiger partial charge is 0.146 e. The summed E-state index contributed by atoms with van der Waals surface area (Å²) in [6, 6.07) is 11.6. The Balaban J connectivity index is 1.84. The zero-order chi connectivity index (χ0) is 14.1. The van der Waals surface area contributed by atoms with Crippen LogP contribution in [0.4, 0.5) is 0 Å². The van der Waals surface area contributed by atoms with Gasteiger partial charge in [0.05, 0.1) is 11.1 Å². The number of hydrogen-bond acceptors (Lipinski definition) is 2. The van der Waals surface area contributed by atoms with Crippen molar-refractivity contribution in [2.75, 3.05) is 0 Å². The molecule has 0 spiro atoms. The number of aliphatic hydroxyl groups is 1. The highest BCUT2D eigenvalue weighted by molar-refractivity contribution is 6.32. The third kappa shape index (κ3) is 2.67. The summed E-state index contributed by atoms with van der Waals surface area (Å²) in [5, 5.41) is 10.1. The number of aliphatic hydroxyl groups excluding tert-OH is 1. The van der Waals surface area contributed by atoms with Crippen molar-refractivity contribution in [3.05, 3.63) is 58.1 Å². The third-order valence-electron chi connectivity index (χ3n) is 3.74. The standard InChI is InChI=1S/C17H17ClO2/c1-11(19)13-6-8-17(16(18)10-13)20-15-7-5-12-3-2-4-14(12)9-15/h5-11,19H,2-4H2,1H3. The van der Waals surface area contributed by atoms with E-state index in [0.29, 0.717) is 10.8 Å². The molecule has 0 radical (unpaired) electrons. The second-order valence-corrected chi connectivity index (χ2v) is 5.66. The molecule has 0 saturated heterocycles. The Morgan fingerprint density at radius 1 is 1.10 bits per heavy atom. The number of fused-ring (bicyclic) bond motifs is 1. The van der Waals surface area contributed by atoms with E-state index in [0.717, 1.165) is 17.7 Å². The van der Waals surface area contributed by atoms with Crippen LogP contribution in [0, 0.1) is 0 Å². The first kappa shape index (κ1) is 13.5. The normalized spacial score (nSPS) is 14.9. The molecule has 104 valence electrons. The van der Waals surface area contributed by atoms with Gasteiger partial charge in [0.25, 0.3) is 0 Å². The molecule has 0 amide bonds. The Kier molecular flexibility index (Phi) is 3.68. The summed E-state index contributed by atoms with van der Waals surface area (Å²) in [4.78, 5) is 0. The van der Waals surface area contributed by atoms with Gasteiger partial charge in [-0.15, -0.1) is 0 Å². The minimum absolute atomic E-state index is 0.517. The molecular weight excluding hydrogens is 272 g/mol. The van der Waals surface area contributed by atoms with Crippen LogP contribution in [-0.4, -0.2) is 5.11 Å². The van der Waals surface area contributed by atoms with Gasteiger partial charge in [0.1, 0.15) is 11.5 Å². The number of rotatable bonds is 3. The van der Waals surface area contributed by atoms with Crippen LogP contribution < -0.4 is 4.74 Å². The van der Waals surface area contributed by atoms with Crippen LogP contribution in [0.1, 0.15) is 36.1 Å². The summed E-state index contributed by atoms with van der Waals surface area (Å²) in [7, 11) is 0. The Labute approximate surface area is 124 Å². The van der Waals surface area contributed by atoms with Crippen LogP contribution in [0.15, 0.2) is 36.4 Å². The molecular formula is C17H17ClO2. The van der Waals surface area contributed by atoms with E-state index in [2.05, 4.69) is 12.1 Å². The topological polar surface area (TPSA) is 29.5 Å². The average Bonchev–Trinajstić information content (AvgIpc) is 2.88. The predicted molar refractivity (Wildman–Crippen MR) is 80.6 cm³/mol. The molecule has 0 bridgehead atoms. The van der Waals surface area contributed by atoms with Crippen molar-refractivity contribution in [2.45, 2.75) is 32.3 Å². The summed E-state index contributed by atoms with van der Waals surface area (Å²) in [6.45, 7) is 1.71. The van der Waals surface area contributed by atoms with Gasteiger partial charge in [0.2, 0.25) is 0 Å². The first-order chi connectivity index (χ1) is 9.63. The Morgan fingerprint density at radius 3 is 2.65 bits per heavy atom. The zero-order valence-corrected chi connectivity index (χ0v) is 12.2. The van der Waals surface area contributed by atoms with Crippen molar-refractivity contribution in [3.8, 4) is 11.5 Å². The van der Waals surface area contributed by atoms with E-state index in [1.165, 1.54) is 24.0 Å². The molecule has 0 fully saturated rings. The van der Waals surface area contributed by atoms with Crippen LogP contribution in [0.5, 0.6) is 11.5 Å². The predicted octanol–water partition coefficient (Wildman–Crippen LogP) is 4.67. The summed E-state index contributed by atoms with van der Waals surface area (Å²) in [5.41, 5.74) is 3.59. The van der Waals surface area contributed by atoms with Crippen molar-refractivity contribution in [1.29, 1.82) is 0 Å². The maximum Gasteiger partial charge on any atom is 0.146 e. The van der Waals surface area contributed by atoms with Gasteiger partial charge in [-0.05, 0) is 67.1 Å². The van der Waals surface area contributed by atoms with E-state index < -0.39 is 6.10 Å². The van der Waals surface area contributed by atoms with Crippen molar-refractivity contribution in [1.82, 2.24) is 0 Å². The lowest BCUT2D eigenvalue weighted by Crippen LogP contribution is -1.93. The van der Waals surface area contributed by atoms with Crippen molar-refractivity contribution in [3.63, 3.8) is 0 Å². The molecule has 1 atom stereocenters. The number of hydrogen-bond donors (Lipinski definition) is 1. The van der Waals surface area contributed by atoms with Crippen molar-refractivity contribution >= 4 is 11.6 Å².